The van der Waals surface area contributed by atoms with Crippen molar-refractivity contribution in [2.75, 3.05) is 14.2 Å². The Morgan fingerprint density at radius 1 is 1.05 bits per heavy atom. The predicted octanol–water partition coefficient (Wildman–Crippen LogP) is 4.07. The molecule has 0 aliphatic heterocycles. The summed E-state index contributed by atoms with van der Waals surface area (Å²) in [6.07, 6.45) is 0. The summed E-state index contributed by atoms with van der Waals surface area (Å²) in [6, 6.07) is 9.14. The fraction of sp³-hybridized carbons (Fsp3) is 0.333. The van der Waals surface area contributed by atoms with Crippen molar-refractivity contribution in [2.24, 2.45) is 0 Å². The monoisotopic (exact) mass is 287 g/mol. The van der Waals surface area contributed by atoms with Crippen molar-refractivity contribution >= 4 is 0 Å². The maximum atomic E-state index is 14.2. The quantitative estimate of drug-likeness (QED) is 0.915. The van der Waals surface area contributed by atoms with Crippen molar-refractivity contribution in [3.05, 3.63) is 64.0 Å². The van der Waals surface area contributed by atoms with E-state index in [2.05, 4.69) is 17.4 Å². The number of hydrogen-bond donors (Lipinski definition) is 1. The molecule has 0 spiro atoms. The highest BCUT2D eigenvalue weighted by Gasteiger charge is 2.18. The van der Waals surface area contributed by atoms with Crippen molar-refractivity contribution in [3.8, 4) is 5.75 Å². The SMILES string of the molecule is CNC(c1cc(C)c(OC)c(C)c1)c1cc(C)ccc1F. The molecule has 1 N–H and O–H groups in total. The van der Waals surface area contributed by atoms with E-state index in [1.807, 2.05) is 33.9 Å². The van der Waals surface area contributed by atoms with Crippen molar-refractivity contribution < 1.29 is 9.13 Å². The van der Waals surface area contributed by atoms with Gasteiger partial charge in [-0.1, -0.05) is 29.8 Å². The first kappa shape index (κ1) is 15.5. The standard InChI is InChI=1S/C18H22FNO/c1-11-6-7-16(19)15(8-11)17(20-4)14-9-12(2)18(21-5)13(3)10-14/h6-10,17,20H,1-5H3. The molecule has 0 fully saturated rings. The predicted molar refractivity (Wildman–Crippen MR) is 84.5 cm³/mol. The van der Waals surface area contributed by atoms with E-state index in [0.29, 0.717) is 5.56 Å². The van der Waals surface area contributed by atoms with Crippen LogP contribution in [-0.2, 0) is 0 Å². The molecule has 3 heteroatoms. The maximum absolute atomic E-state index is 14.2. The van der Waals surface area contributed by atoms with Crippen molar-refractivity contribution in [3.63, 3.8) is 0 Å². The molecule has 0 saturated heterocycles. The second kappa shape index (κ2) is 6.27. The molecule has 112 valence electrons. The number of aryl methyl sites for hydroxylation is 3. The van der Waals surface area contributed by atoms with Crippen LogP contribution >= 0.6 is 0 Å². The molecule has 0 bridgehead atoms. The second-order valence-corrected chi connectivity index (χ2v) is 5.43. The van der Waals surface area contributed by atoms with Crippen molar-refractivity contribution in [1.29, 1.82) is 0 Å². The number of ether oxygens (including phenoxy) is 1. The molecule has 0 aromatic heterocycles. The zero-order chi connectivity index (χ0) is 15.6. The third kappa shape index (κ3) is 3.08. The summed E-state index contributed by atoms with van der Waals surface area (Å²) in [5.74, 6) is 0.699. The average Bonchev–Trinajstić information content (AvgIpc) is 2.43. The van der Waals surface area contributed by atoms with Crippen LogP contribution in [0, 0.1) is 26.6 Å². The van der Waals surface area contributed by atoms with E-state index < -0.39 is 0 Å². The van der Waals surface area contributed by atoms with E-state index >= 15 is 0 Å². The van der Waals surface area contributed by atoms with Gasteiger partial charge in [0.25, 0.3) is 0 Å². The van der Waals surface area contributed by atoms with Gasteiger partial charge in [0.05, 0.1) is 13.2 Å². The van der Waals surface area contributed by atoms with Gasteiger partial charge in [-0.25, -0.2) is 4.39 Å². The lowest BCUT2D eigenvalue weighted by molar-refractivity contribution is 0.408. The lowest BCUT2D eigenvalue weighted by atomic mass is 9.94. The van der Waals surface area contributed by atoms with E-state index in [1.54, 1.807) is 13.2 Å². The van der Waals surface area contributed by atoms with Crippen LogP contribution in [-0.4, -0.2) is 14.2 Å². The molecule has 0 saturated carbocycles. The van der Waals surface area contributed by atoms with Gasteiger partial charge in [0.1, 0.15) is 11.6 Å². The van der Waals surface area contributed by atoms with E-state index in [1.165, 1.54) is 6.07 Å². The summed E-state index contributed by atoms with van der Waals surface area (Å²) < 4.78 is 19.6. The average molecular weight is 287 g/mol. The van der Waals surface area contributed by atoms with Crippen LogP contribution in [0.4, 0.5) is 4.39 Å². The van der Waals surface area contributed by atoms with Crippen molar-refractivity contribution in [1.82, 2.24) is 5.32 Å². The molecule has 2 aromatic rings. The van der Waals surface area contributed by atoms with Gasteiger partial charge in [-0.05, 0) is 50.6 Å². The highest BCUT2D eigenvalue weighted by atomic mass is 19.1. The molecule has 21 heavy (non-hydrogen) atoms. The smallest absolute Gasteiger partial charge is 0.128 e. The molecule has 2 rings (SSSR count). The minimum absolute atomic E-state index is 0.173. The fourth-order valence-corrected chi connectivity index (χ4v) is 2.86. The van der Waals surface area contributed by atoms with Crippen LogP contribution < -0.4 is 10.1 Å². The summed E-state index contributed by atoms with van der Waals surface area (Å²) in [4.78, 5) is 0. The summed E-state index contributed by atoms with van der Waals surface area (Å²) in [5, 5.41) is 3.21. The largest absolute Gasteiger partial charge is 0.496 e. The van der Waals surface area contributed by atoms with E-state index in [0.717, 1.165) is 28.0 Å². The Labute approximate surface area is 126 Å². The first-order valence-corrected chi connectivity index (χ1v) is 7.06. The van der Waals surface area contributed by atoms with Gasteiger partial charge in [-0.3, -0.25) is 0 Å². The normalized spacial score (nSPS) is 12.3. The number of rotatable bonds is 4. The fourth-order valence-electron chi connectivity index (χ4n) is 2.86. The molecule has 2 aromatic carbocycles. The van der Waals surface area contributed by atoms with Gasteiger partial charge in [0, 0.05) is 5.56 Å². The number of nitrogens with one attached hydrogen (secondary N) is 1. The third-order valence-electron chi connectivity index (χ3n) is 3.77. The van der Waals surface area contributed by atoms with Crippen LogP contribution in [0.25, 0.3) is 0 Å². The molecule has 1 unspecified atom stereocenters. The Morgan fingerprint density at radius 2 is 1.67 bits per heavy atom. The molecule has 2 nitrogen and oxygen atoms in total. The Balaban J connectivity index is 2.54. The summed E-state index contributed by atoms with van der Waals surface area (Å²) >= 11 is 0. The van der Waals surface area contributed by atoms with Gasteiger partial charge < -0.3 is 10.1 Å². The maximum Gasteiger partial charge on any atom is 0.128 e. The first-order chi connectivity index (χ1) is 9.97. The number of hydrogen-bond acceptors (Lipinski definition) is 2. The zero-order valence-corrected chi connectivity index (χ0v) is 13.3. The Bertz CT molecular complexity index is 629. The van der Waals surface area contributed by atoms with E-state index in [4.69, 9.17) is 4.74 Å². The Morgan fingerprint density at radius 3 is 2.19 bits per heavy atom. The van der Waals surface area contributed by atoms with E-state index in [9.17, 15) is 4.39 Å². The van der Waals surface area contributed by atoms with E-state index in [-0.39, 0.29) is 11.9 Å². The number of benzene rings is 2. The molecule has 0 aliphatic carbocycles. The minimum atomic E-state index is -0.189. The molecule has 1 atom stereocenters. The Kier molecular flexibility index (Phi) is 4.63. The number of halogens is 1. The molecule has 0 heterocycles. The third-order valence-corrected chi connectivity index (χ3v) is 3.77. The van der Waals surface area contributed by atoms with Crippen LogP contribution in [0.3, 0.4) is 0 Å². The highest BCUT2D eigenvalue weighted by Crippen LogP contribution is 2.31. The molecule has 0 amide bonds. The lowest BCUT2D eigenvalue weighted by Gasteiger charge is -2.21. The van der Waals surface area contributed by atoms with Crippen LogP contribution in [0.5, 0.6) is 5.75 Å². The Hall–Kier alpha value is -1.87. The minimum Gasteiger partial charge on any atom is -0.496 e. The number of methoxy groups -OCH3 is 1. The second-order valence-electron chi connectivity index (χ2n) is 5.43. The molecule has 0 aliphatic rings. The van der Waals surface area contributed by atoms with Gasteiger partial charge >= 0.3 is 0 Å². The van der Waals surface area contributed by atoms with Gasteiger partial charge in [0.15, 0.2) is 0 Å². The molecular weight excluding hydrogens is 265 g/mol. The van der Waals surface area contributed by atoms with Crippen LogP contribution in [0.15, 0.2) is 30.3 Å². The van der Waals surface area contributed by atoms with Crippen molar-refractivity contribution in [2.45, 2.75) is 26.8 Å². The van der Waals surface area contributed by atoms with Gasteiger partial charge in [-0.15, -0.1) is 0 Å². The summed E-state index contributed by atoms with van der Waals surface area (Å²) in [5.41, 5.74) is 4.87. The van der Waals surface area contributed by atoms with Gasteiger partial charge in [0.2, 0.25) is 0 Å². The first-order valence-electron chi connectivity index (χ1n) is 7.06. The lowest BCUT2D eigenvalue weighted by Crippen LogP contribution is -2.19. The molecule has 0 radical (unpaired) electrons. The van der Waals surface area contributed by atoms with Gasteiger partial charge in [-0.2, -0.15) is 0 Å². The summed E-state index contributed by atoms with van der Waals surface area (Å²) in [6.45, 7) is 5.99. The van der Waals surface area contributed by atoms with Crippen LogP contribution in [0.1, 0.15) is 33.9 Å². The molecular formula is C18H22FNO. The highest BCUT2D eigenvalue weighted by molar-refractivity contribution is 5.46. The topological polar surface area (TPSA) is 21.3 Å². The van der Waals surface area contributed by atoms with Crippen LogP contribution in [0.2, 0.25) is 0 Å². The summed E-state index contributed by atoms with van der Waals surface area (Å²) in [7, 11) is 3.52. The zero-order valence-electron chi connectivity index (χ0n) is 13.3.